The van der Waals surface area contributed by atoms with E-state index in [4.69, 9.17) is 0 Å². The van der Waals surface area contributed by atoms with Crippen molar-refractivity contribution in [2.45, 2.75) is 51.4 Å². The third-order valence-electron chi connectivity index (χ3n) is 5.71. The van der Waals surface area contributed by atoms with Gasteiger partial charge in [-0.25, -0.2) is 9.07 Å². The highest BCUT2D eigenvalue weighted by atomic mass is 19.1. The van der Waals surface area contributed by atoms with Gasteiger partial charge in [-0.1, -0.05) is 35.0 Å². The minimum atomic E-state index is -1.05. The quantitative estimate of drug-likeness (QED) is 0.771. The number of rotatable bonds is 5. The fraction of sp³-hybridized carbons (Fsp3) is 0.524. The monoisotopic (exact) mass is 399 g/mol. The van der Waals surface area contributed by atoms with E-state index in [1.807, 2.05) is 31.2 Å². The summed E-state index contributed by atoms with van der Waals surface area (Å²) < 4.78 is 15.7. The summed E-state index contributed by atoms with van der Waals surface area (Å²) in [6.07, 6.45) is 3.11. The Bertz CT molecular complexity index is 875. The Morgan fingerprint density at radius 3 is 2.62 bits per heavy atom. The van der Waals surface area contributed by atoms with E-state index in [0.29, 0.717) is 12.2 Å². The lowest BCUT2D eigenvalue weighted by Crippen LogP contribution is -2.39. The van der Waals surface area contributed by atoms with Crippen molar-refractivity contribution in [3.05, 3.63) is 47.3 Å². The Hall–Kier alpha value is -2.77. The molecule has 4 rings (SSSR count). The van der Waals surface area contributed by atoms with Crippen molar-refractivity contribution >= 4 is 11.8 Å². The van der Waals surface area contributed by atoms with Crippen LogP contribution in [-0.4, -0.2) is 68.5 Å². The molecule has 0 saturated carbocycles. The van der Waals surface area contributed by atoms with E-state index in [2.05, 4.69) is 10.3 Å². The van der Waals surface area contributed by atoms with Crippen LogP contribution in [0.5, 0.6) is 0 Å². The van der Waals surface area contributed by atoms with Gasteiger partial charge >= 0.3 is 0 Å². The molecule has 0 radical (unpaired) electrons. The number of nitrogens with zero attached hydrogens (tertiary/aromatic N) is 5. The molecule has 154 valence electrons. The number of halogens is 1. The number of alkyl halides is 1. The minimum absolute atomic E-state index is 0.0903. The van der Waals surface area contributed by atoms with Crippen molar-refractivity contribution < 1.29 is 14.0 Å². The van der Waals surface area contributed by atoms with Gasteiger partial charge in [0.1, 0.15) is 6.17 Å². The van der Waals surface area contributed by atoms with Crippen LogP contribution in [0.15, 0.2) is 30.5 Å². The van der Waals surface area contributed by atoms with Crippen LogP contribution in [0, 0.1) is 6.92 Å². The summed E-state index contributed by atoms with van der Waals surface area (Å²) in [6.45, 7) is 3.93. The van der Waals surface area contributed by atoms with Gasteiger partial charge in [0.15, 0.2) is 5.69 Å². The first kappa shape index (κ1) is 19.5. The van der Waals surface area contributed by atoms with Crippen LogP contribution in [0.3, 0.4) is 0 Å². The van der Waals surface area contributed by atoms with E-state index in [9.17, 15) is 14.0 Å². The zero-order valence-electron chi connectivity index (χ0n) is 16.6. The maximum absolute atomic E-state index is 14.1. The number of likely N-dealkylation sites (tertiary alicyclic amines) is 2. The van der Waals surface area contributed by atoms with Gasteiger partial charge in [-0.2, -0.15) is 0 Å². The van der Waals surface area contributed by atoms with Crippen molar-refractivity contribution in [1.82, 2.24) is 24.8 Å². The highest BCUT2D eigenvalue weighted by molar-refractivity contribution is 5.92. The second-order valence-electron chi connectivity index (χ2n) is 8.02. The van der Waals surface area contributed by atoms with Crippen molar-refractivity contribution in [3.63, 3.8) is 0 Å². The number of hydrogen-bond acceptors (Lipinski definition) is 4. The molecule has 0 N–H and O–H groups in total. The van der Waals surface area contributed by atoms with Gasteiger partial charge in [0.05, 0.1) is 31.7 Å². The first-order chi connectivity index (χ1) is 14.0. The van der Waals surface area contributed by atoms with Gasteiger partial charge in [0, 0.05) is 19.5 Å². The molecule has 2 amide bonds. The van der Waals surface area contributed by atoms with Gasteiger partial charge in [-0.15, -0.1) is 5.10 Å². The fourth-order valence-corrected chi connectivity index (χ4v) is 4.10. The van der Waals surface area contributed by atoms with E-state index in [0.717, 1.165) is 37.1 Å². The Morgan fingerprint density at radius 1 is 1.17 bits per heavy atom. The van der Waals surface area contributed by atoms with Crippen LogP contribution >= 0.6 is 0 Å². The van der Waals surface area contributed by atoms with Crippen LogP contribution in [0.1, 0.15) is 40.9 Å². The third kappa shape index (κ3) is 4.46. The molecule has 2 saturated heterocycles. The molecule has 0 aliphatic carbocycles. The van der Waals surface area contributed by atoms with Crippen LogP contribution in [0.25, 0.3) is 0 Å². The lowest BCUT2D eigenvalue weighted by Gasteiger charge is -2.24. The summed E-state index contributed by atoms with van der Waals surface area (Å²) >= 11 is 0. The number of hydrogen-bond donors (Lipinski definition) is 0. The largest absolute Gasteiger partial charge is 0.337 e. The third-order valence-corrected chi connectivity index (χ3v) is 5.71. The first-order valence-electron chi connectivity index (χ1n) is 10.2. The molecular weight excluding hydrogens is 373 g/mol. The first-order valence-corrected chi connectivity index (χ1v) is 10.2. The topological polar surface area (TPSA) is 71.3 Å². The summed E-state index contributed by atoms with van der Waals surface area (Å²) in [6, 6.07) is 7.50. The summed E-state index contributed by atoms with van der Waals surface area (Å²) in [7, 11) is 0. The molecule has 2 fully saturated rings. The maximum Gasteiger partial charge on any atom is 0.276 e. The lowest BCUT2D eigenvalue weighted by molar-refractivity contribution is -0.131. The molecule has 7 nitrogen and oxygen atoms in total. The molecular formula is C21H26FN5O2. The predicted octanol–water partition coefficient (Wildman–Crippen LogP) is 2.00. The smallest absolute Gasteiger partial charge is 0.276 e. The SMILES string of the molecule is Cc1ccc(CC(=O)N2CC(F)CC2Cn2cc(C(=O)N3CCCC3)nn2)cc1. The minimum Gasteiger partial charge on any atom is -0.337 e. The Balaban J connectivity index is 1.41. The average Bonchev–Trinajstić information content (AvgIpc) is 3.44. The Kier molecular flexibility index (Phi) is 5.60. The Labute approximate surface area is 169 Å². The summed E-state index contributed by atoms with van der Waals surface area (Å²) in [5.41, 5.74) is 2.36. The fourth-order valence-electron chi connectivity index (χ4n) is 4.10. The molecule has 2 aromatic rings. The van der Waals surface area contributed by atoms with Gasteiger partial charge in [-0.05, 0) is 25.3 Å². The number of carbonyl (C=O) groups is 2. The number of aryl methyl sites for hydroxylation is 1. The molecule has 2 aliphatic heterocycles. The predicted molar refractivity (Wildman–Crippen MR) is 105 cm³/mol. The Morgan fingerprint density at radius 2 is 1.90 bits per heavy atom. The van der Waals surface area contributed by atoms with Crippen molar-refractivity contribution in [1.29, 1.82) is 0 Å². The normalized spacial score (nSPS) is 21.7. The zero-order chi connectivity index (χ0) is 20.4. The van der Waals surface area contributed by atoms with Crippen LogP contribution < -0.4 is 0 Å². The molecule has 2 atom stereocenters. The van der Waals surface area contributed by atoms with Crippen molar-refractivity contribution in [2.24, 2.45) is 0 Å². The molecule has 3 heterocycles. The molecule has 0 spiro atoms. The number of aromatic nitrogens is 3. The molecule has 29 heavy (non-hydrogen) atoms. The highest BCUT2D eigenvalue weighted by Crippen LogP contribution is 2.23. The second kappa shape index (κ2) is 8.31. The number of amides is 2. The maximum atomic E-state index is 14.1. The molecule has 2 unspecified atom stereocenters. The van der Waals surface area contributed by atoms with Crippen LogP contribution in [0.4, 0.5) is 4.39 Å². The van der Waals surface area contributed by atoms with Gasteiger partial charge in [0.25, 0.3) is 5.91 Å². The van der Waals surface area contributed by atoms with Gasteiger partial charge in [-0.3, -0.25) is 9.59 Å². The van der Waals surface area contributed by atoms with E-state index in [1.165, 1.54) is 0 Å². The molecule has 2 aliphatic rings. The zero-order valence-corrected chi connectivity index (χ0v) is 16.6. The molecule has 1 aromatic carbocycles. The molecule has 8 heteroatoms. The summed E-state index contributed by atoms with van der Waals surface area (Å²) in [5, 5.41) is 8.04. The van der Waals surface area contributed by atoms with E-state index in [-0.39, 0.29) is 37.2 Å². The van der Waals surface area contributed by atoms with E-state index < -0.39 is 6.17 Å². The average molecular weight is 399 g/mol. The van der Waals surface area contributed by atoms with Crippen LogP contribution in [-0.2, 0) is 17.8 Å². The molecule has 0 bridgehead atoms. The highest BCUT2D eigenvalue weighted by Gasteiger charge is 2.35. The molecule has 1 aromatic heterocycles. The number of carbonyl (C=O) groups excluding carboxylic acids is 2. The number of benzene rings is 1. The van der Waals surface area contributed by atoms with Gasteiger partial charge < -0.3 is 9.80 Å². The van der Waals surface area contributed by atoms with E-state index in [1.54, 1.807) is 20.7 Å². The van der Waals surface area contributed by atoms with Crippen molar-refractivity contribution in [3.8, 4) is 0 Å². The van der Waals surface area contributed by atoms with E-state index >= 15 is 0 Å². The summed E-state index contributed by atoms with van der Waals surface area (Å²) in [5.74, 6) is -0.205. The van der Waals surface area contributed by atoms with Crippen molar-refractivity contribution in [2.75, 3.05) is 19.6 Å². The van der Waals surface area contributed by atoms with Gasteiger partial charge in [0.2, 0.25) is 5.91 Å². The second-order valence-corrected chi connectivity index (χ2v) is 8.02. The van der Waals surface area contributed by atoms with Crippen LogP contribution in [0.2, 0.25) is 0 Å². The lowest BCUT2D eigenvalue weighted by atomic mass is 10.1. The standard InChI is InChI=1S/C21H26FN5O2/c1-15-4-6-16(7-5-15)10-20(28)27-12-17(22)11-18(27)13-26-14-19(23-24-26)21(29)25-8-2-3-9-25/h4-7,14,17-18H,2-3,8-13H2,1H3. The summed E-state index contributed by atoms with van der Waals surface area (Å²) in [4.78, 5) is 28.6.